The summed E-state index contributed by atoms with van der Waals surface area (Å²) in [5, 5.41) is 1.55. The number of nitrogens with zero attached hydrogens (tertiary/aromatic N) is 1. The Bertz CT molecular complexity index is 938. The Balaban J connectivity index is 1.82. The van der Waals surface area contributed by atoms with Crippen LogP contribution in [0.2, 0.25) is 10.0 Å². The summed E-state index contributed by atoms with van der Waals surface area (Å²) < 4.78 is 0. The van der Waals surface area contributed by atoms with Gasteiger partial charge in [-0.25, -0.2) is 0 Å². The van der Waals surface area contributed by atoms with Gasteiger partial charge in [-0.1, -0.05) is 71.7 Å². The molecule has 0 bridgehead atoms. The molecule has 0 saturated heterocycles. The predicted molar refractivity (Wildman–Crippen MR) is 109 cm³/mol. The molecule has 3 aromatic rings. The number of rotatable bonds is 2. The van der Waals surface area contributed by atoms with Crippen molar-refractivity contribution >= 4 is 46.4 Å². The van der Waals surface area contributed by atoms with Crippen molar-refractivity contribution in [1.29, 1.82) is 0 Å². The molecule has 3 aromatic carbocycles. The Morgan fingerprint density at radius 3 is 2.44 bits per heavy atom. The van der Waals surface area contributed by atoms with Gasteiger partial charge in [0.1, 0.15) is 0 Å². The van der Waals surface area contributed by atoms with Crippen LogP contribution in [-0.4, -0.2) is 5.71 Å². The van der Waals surface area contributed by atoms with Crippen molar-refractivity contribution in [2.75, 3.05) is 0 Å². The maximum absolute atomic E-state index is 6.50. The molecule has 0 fully saturated rings. The maximum Gasteiger partial charge on any atom is 0.0769 e. The van der Waals surface area contributed by atoms with Gasteiger partial charge in [0.25, 0.3) is 0 Å². The third-order valence-electron chi connectivity index (χ3n) is 4.19. The molecule has 124 valence electrons. The first-order chi connectivity index (χ1) is 12.2. The molecule has 0 spiro atoms. The van der Waals surface area contributed by atoms with Crippen LogP contribution in [0.5, 0.6) is 0 Å². The van der Waals surface area contributed by atoms with Gasteiger partial charge in [-0.2, -0.15) is 0 Å². The molecule has 0 saturated carbocycles. The molecular weight excluding hydrogens is 369 g/mol. The Hall–Kier alpha value is -1.74. The molecule has 1 nitrogen and oxygen atoms in total. The zero-order valence-electron chi connectivity index (χ0n) is 13.3. The fraction of sp³-hybridized carbons (Fsp3) is 0.0952. The van der Waals surface area contributed by atoms with Gasteiger partial charge >= 0.3 is 0 Å². The number of aliphatic imine (C=N–C) groups is 1. The molecule has 25 heavy (non-hydrogen) atoms. The summed E-state index contributed by atoms with van der Waals surface area (Å²) in [7, 11) is 0. The number of halogens is 2. The van der Waals surface area contributed by atoms with Crippen LogP contribution in [-0.2, 0) is 0 Å². The summed E-state index contributed by atoms with van der Waals surface area (Å²) in [6.07, 6.45) is 0.810. The molecule has 1 aliphatic rings. The largest absolute Gasteiger partial charge is 0.252 e. The second-order valence-electron chi connectivity index (χ2n) is 5.87. The summed E-state index contributed by atoms with van der Waals surface area (Å²) >= 11 is 14.4. The number of thioether (sulfide) groups is 1. The first kappa shape index (κ1) is 16.7. The lowest BCUT2D eigenvalue weighted by Gasteiger charge is -2.17. The monoisotopic (exact) mass is 383 g/mol. The van der Waals surface area contributed by atoms with Crippen molar-refractivity contribution in [1.82, 2.24) is 0 Å². The summed E-state index contributed by atoms with van der Waals surface area (Å²) in [6.45, 7) is 0. The van der Waals surface area contributed by atoms with Gasteiger partial charge in [0, 0.05) is 32.3 Å². The molecule has 0 unspecified atom stereocenters. The molecule has 0 aliphatic carbocycles. The smallest absolute Gasteiger partial charge is 0.0769 e. The third kappa shape index (κ3) is 3.62. The van der Waals surface area contributed by atoms with Crippen LogP contribution in [0.4, 0.5) is 5.69 Å². The van der Waals surface area contributed by atoms with Crippen molar-refractivity contribution < 1.29 is 0 Å². The highest BCUT2D eigenvalue weighted by molar-refractivity contribution is 7.99. The quantitative estimate of drug-likeness (QED) is 0.450. The second-order valence-corrected chi connectivity index (χ2v) is 7.96. The van der Waals surface area contributed by atoms with Crippen LogP contribution in [0.25, 0.3) is 0 Å². The standard InChI is InChI=1S/C21H15Cl2NS/c22-15-10-11-16(17(23)12-15)21-13-19(14-6-2-1-3-7-14)24-18-8-4-5-9-20(18)25-21/h1-12,21H,13H2/t21-/m0/s1. The number of hydrogen-bond acceptors (Lipinski definition) is 2. The topological polar surface area (TPSA) is 12.4 Å². The molecule has 0 radical (unpaired) electrons. The average molecular weight is 384 g/mol. The lowest BCUT2D eigenvalue weighted by atomic mass is 10.0. The van der Waals surface area contributed by atoms with Gasteiger partial charge in [0.2, 0.25) is 0 Å². The summed E-state index contributed by atoms with van der Waals surface area (Å²) in [5.74, 6) is 0. The number of hydrogen-bond donors (Lipinski definition) is 0. The van der Waals surface area contributed by atoms with Gasteiger partial charge in [-0.15, -0.1) is 11.8 Å². The highest BCUT2D eigenvalue weighted by Gasteiger charge is 2.24. The molecule has 1 heterocycles. The van der Waals surface area contributed by atoms with E-state index in [4.69, 9.17) is 28.2 Å². The van der Waals surface area contributed by atoms with Gasteiger partial charge in [-0.05, 0) is 35.4 Å². The van der Waals surface area contributed by atoms with E-state index in [0.29, 0.717) is 10.0 Å². The highest BCUT2D eigenvalue weighted by atomic mass is 35.5. The van der Waals surface area contributed by atoms with Crippen molar-refractivity contribution in [3.05, 3.63) is 94.0 Å². The van der Waals surface area contributed by atoms with Gasteiger partial charge < -0.3 is 0 Å². The van der Waals surface area contributed by atoms with Gasteiger partial charge in [0.05, 0.1) is 5.69 Å². The van der Waals surface area contributed by atoms with Gasteiger partial charge in [-0.3, -0.25) is 4.99 Å². The van der Waals surface area contributed by atoms with E-state index in [1.165, 1.54) is 4.90 Å². The van der Waals surface area contributed by atoms with E-state index in [9.17, 15) is 0 Å². The van der Waals surface area contributed by atoms with Crippen LogP contribution in [0.1, 0.15) is 22.8 Å². The van der Waals surface area contributed by atoms with Crippen LogP contribution < -0.4 is 0 Å². The lowest BCUT2D eigenvalue weighted by Crippen LogP contribution is -2.05. The number of para-hydroxylation sites is 1. The lowest BCUT2D eigenvalue weighted by molar-refractivity contribution is 1.01. The van der Waals surface area contributed by atoms with E-state index in [-0.39, 0.29) is 5.25 Å². The minimum Gasteiger partial charge on any atom is -0.252 e. The second kappa shape index (κ2) is 7.25. The molecule has 0 aromatic heterocycles. The first-order valence-electron chi connectivity index (χ1n) is 8.04. The van der Waals surface area contributed by atoms with Crippen molar-refractivity contribution in [3.63, 3.8) is 0 Å². The number of benzene rings is 3. The Morgan fingerprint density at radius 1 is 0.880 bits per heavy atom. The van der Waals surface area contributed by atoms with E-state index in [2.05, 4.69) is 30.3 Å². The molecule has 1 atom stereocenters. The van der Waals surface area contributed by atoms with Crippen molar-refractivity contribution in [3.8, 4) is 0 Å². The van der Waals surface area contributed by atoms with E-state index in [1.54, 1.807) is 0 Å². The molecular formula is C21H15Cl2NS. The molecule has 4 heteroatoms. The normalized spacial score (nSPS) is 16.7. The van der Waals surface area contributed by atoms with Crippen LogP contribution in [0, 0.1) is 0 Å². The van der Waals surface area contributed by atoms with E-state index in [0.717, 1.165) is 28.9 Å². The molecule has 0 amide bonds. The average Bonchev–Trinajstić information content (AvgIpc) is 2.82. The summed E-state index contributed by atoms with van der Waals surface area (Å²) in [5.41, 5.74) is 4.33. The minimum atomic E-state index is 0.187. The van der Waals surface area contributed by atoms with Crippen molar-refractivity contribution in [2.24, 2.45) is 4.99 Å². The van der Waals surface area contributed by atoms with Crippen LogP contribution in [0.3, 0.4) is 0 Å². The molecule has 4 rings (SSSR count). The summed E-state index contributed by atoms with van der Waals surface area (Å²) in [6, 6.07) is 24.3. The van der Waals surface area contributed by atoms with Crippen LogP contribution >= 0.6 is 35.0 Å². The highest BCUT2D eigenvalue weighted by Crippen LogP contribution is 2.47. The van der Waals surface area contributed by atoms with Crippen LogP contribution in [0.15, 0.2) is 82.7 Å². The van der Waals surface area contributed by atoms with E-state index < -0.39 is 0 Å². The summed E-state index contributed by atoms with van der Waals surface area (Å²) in [4.78, 5) is 6.13. The Labute approximate surface area is 161 Å². The SMILES string of the molecule is Clc1ccc([C@@H]2CC(c3ccccc3)=Nc3ccccc3S2)c(Cl)c1. The van der Waals surface area contributed by atoms with Gasteiger partial charge in [0.15, 0.2) is 0 Å². The third-order valence-corrected chi connectivity index (χ3v) is 6.05. The first-order valence-corrected chi connectivity index (χ1v) is 9.68. The molecule has 0 N–H and O–H groups in total. The predicted octanol–water partition coefficient (Wildman–Crippen LogP) is 7.35. The zero-order valence-corrected chi connectivity index (χ0v) is 15.7. The van der Waals surface area contributed by atoms with E-state index in [1.807, 2.05) is 54.2 Å². The fourth-order valence-electron chi connectivity index (χ4n) is 2.96. The molecule has 1 aliphatic heterocycles. The Kier molecular flexibility index (Phi) is 4.85. The maximum atomic E-state index is 6.50. The zero-order chi connectivity index (χ0) is 17.2. The minimum absolute atomic E-state index is 0.187. The van der Waals surface area contributed by atoms with E-state index >= 15 is 0 Å². The Morgan fingerprint density at radius 2 is 1.64 bits per heavy atom. The van der Waals surface area contributed by atoms with Crippen molar-refractivity contribution in [2.45, 2.75) is 16.6 Å². The fourth-order valence-corrected chi connectivity index (χ4v) is 4.84. The number of fused-ring (bicyclic) bond motifs is 1.